The zero-order valence-corrected chi connectivity index (χ0v) is 11.5. The number of anilines is 1. The molecule has 6 heteroatoms. The van der Waals surface area contributed by atoms with E-state index in [-0.39, 0.29) is 0 Å². The van der Waals surface area contributed by atoms with Crippen LogP contribution in [0.25, 0.3) is 0 Å². The molecule has 2 heterocycles. The summed E-state index contributed by atoms with van der Waals surface area (Å²) in [5.74, 6) is 9.62. The standard InChI is InChI=1S/C12H19N5S/c1-17-5-6-18-7-10(17)12-14-9-4-2-3-8(9)11(15-12)16-13/h10H,2-7,13H2,1H3,(H,14,15,16). The maximum absolute atomic E-state index is 5.60. The van der Waals surface area contributed by atoms with Gasteiger partial charge < -0.3 is 5.43 Å². The van der Waals surface area contributed by atoms with E-state index < -0.39 is 0 Å². The molecule has 1 aliphatic heterocycles. The third-order valence-corrected chi connectivity index (χ3v) is 4.80. The third kappa shape index (κ3) is 2.08. The number of hydrazine groups is 1. The molecule has 3 N–H and O–H groups in total. The smallest absolute Gasteiger partial charge is 0.149 e. The Morgan fingerprint density at radius 3 is 3.06 bits per heavy atom. The van der Waals surface area contributed by atoms with Gasteiger partial charge in [-0.2, -0.15) is 11.8 Å². The van der Waals surface area contributed by atoms with Gasteiger partial charge in [0.2, 0.25) is 0 Å². The summed E-state index contributed by atoms with van der Waals surface area (Å²) < 4.78 is 0. The van der Waals surface area contributed by atoms with Crippen LogP contribution in [0.15, 0.2) is 0 Å². The van der Waals surface area contributed by atoms with Crippen LogP contribution in [-0.4, -0.2) is 40.0 Å². The molecule has 1 atom stereocenters. The quantitative estimate of drug-likeness (QED) is 0.613. The summed E-state index contributed by atoms with van der Waals surface area (Å²) in [6, 6.07) is 0.321. The molecule has 5 nitrogen and oxygen atoms in total. The maximum atomic E-state index is 5.60. The number of nitrogen functional groups attached to an aromatic ring is 1. The second kappa shape index (κ2) is 5.03. The van der Waals surface area contributed by atoms with E-state index in [9.17, 15) is 0 Å². The van der Waals surface area contributed by atoms with Crippen LogP contribution in [0.3, 0.4) is 0 Å². The predicted molar refractivity (Wildman–Crippen MR) is 74.6 cm³/mol. The molecule has 98 valence electrons. The van der Waals surface area contributed by atoms with Gasteiger partial charge in [-0.1, -0.05) is 0 Å². The lowest BCUT2D eigenvalue weighted by Crippen LogP contribution is -2.34. The average Bonchev–Trinajstić information content (AvgIpc) is 2.86. The predicted octanol–water partition coefficient (Wildman–Crippen LogP) is 0.971. The molecule has 1 aromatic rings. The molecule has 3 rings (SSSR count). The molecule has 1 fully saturated rings. The van der Waals surface area contributed by atoms with Gasteiger partial charge in [-0.15, -0.1) is 0 Å². The van der Waals surface area contributed by atoms with Gasteiger partial charge in [0.1, 0.15) is 11.6 Å². The van der Waals surface area contributed by atoms with Crippen LogP contribution in [0.1, 0.15) is 29.5 Å². The maximum Gasteiger partial charge on any atom is 0.149 e. The topological polar surface area (TPSA) is 67.1 Å². The molecule has 0 aromatic carbocycles. The van der Waals surface area contributed by atoms with E-state index in [1.54, 1.807) is 0 Å². The molecule has 0 saturated carbocycles. The summed E-state index contributed by atoms with van der Waals surface area (Å²) in [6.45, 7) is 1.10. The molecule has 1 aromatic heterocycles. The molecule has 0 radical (unpaired) electrons. The molecule has 0 spiro atoms. The molecule has 1 unspecified atom stereocenters. The average molecular weight is 265 g/mol. The Morgan fingerprint density at radius 2 is 2.28 bits per heavy atom. The Labute approximate surface area is 112 Å². The second-order valence-corrected chi connectivity index (χ2v) is 6.07. The first-order valence-electron chi connectivity index (χ1n) is 6.44. The van der Waals surface area contributed by atoms with Gasteiger partial charge in [0.25, 0.3) is 0 Å². The number of aryl methyl sites for hydroxylation is 1. The van der Waals surface area contributed by atoms with Gasteiger partial charge in [-0.25, -0.2) is 15.8 Å². The first-order valence-corrected chi connectivity index (χ1v) is 7.59. The fraction of sp³-hybridized carbons (Fsp3) is 0.667. The Balaban J connectivity index is 1.97. The SMILES string of the molecule is CN1CCSCC1c1nc2c(c(NN)n1)CCC2. The van der Waals surface area contributed by atoms with Crippen molar-refractivity contribution in [3.8, 4) is 0 Å². The lowest BCUT2D eigenvalue weighted by atomic mass is 10.2. The summed E-state index contributed by atoms with van der Waals surface area (Å²) in [5.41, 5.74) is 5.15. The summed E-state index contributed by atoms with van der Waals surface area (Å²) in [6.07, 6.45) is 3.27. The monoisotopic (exact) mass is 265 g/mol. The van der Waals surface area contributed by atoms with Gasteiger partial charge in [0.05, 0.1) is 6.04 Å². The van der Waals surface area contributed by atoms with E-state index in [1.165, 1.54) is 17.0 Å². The largest absolute Gasteiger partial charge is 0.308 e. The molecule has 18 heavy (non-hydrogen) atoms. The van der Waals surface area contributed by atoms with Crippen molar-refractivity contribution in [2.24, 2.45) is 5.84 Å². The summed E-state index contributed by atoms with van der Waals surface area (Å²) in [4.78, 5) is 11.7. The molecular weight excluding hydrogens is 246 g/mol. The number of nitrogens with zero attached hydrogens (tertiary/aromatic N) is 3. The molecular formula is C12H19N5S. The van der Waals surface area contributed by atoms with E-state index in [1.807, 2.05) is 11.8 Å². The molecule has 0 amide bonds. The zero-order chi connectivity index (χ0) is 12.5. The van der Waals surface area contributed by atoms with E-state index in [2.05, 4.69) is 22.4 Å². The number of hydrogen-bond acceptors (Lipinski definition) is 6. The number of fused-ring (bicyclic) bond motifs is 1. The summed E-state index contributed by atoms with van der Waals surface area (Å²) >= 11 is 1.98. The Hall–Kier alpha value is -0.850. The van der Waals surface area contributed by atoms with E-state index in [0.717, 1.165) is 43.2 Å². The summed E-state index contributed by atoms with van der Waals surface area (Å²) in [5, 5.41) is 0. The lowest BCUT2D eigenvalue weighted by Gasteiger charge is -2.31. The minimum Gasteiger partial charge on any atom is -0.308 e. The summed E-state index contributed by atoms with van der Waals surface area (Å²) in [7, 11) is 2.15. The molecule has 0 bridgehead atoms. The molecule has 1 saturated heterocycles. The van der Waals surface area contributed by atoms with E-state index in [0.29, 0.717) is 6.04 Å². The van der Waals surface area contributed by atoms with Gasteiger partial charge in [0, 0.05) is 29.3 Å². The normalized spacial score (nSPS) is 24.0. The molecule has 2 aliphatic rings. The number of hydrogen-bond donors (Lipinski definition) is 2. The fourth-order valence-electron chi connectivity index (χ4n) is 2.68. The number of thioether (sulfide) groups is 1. The number of nitrogens with two attached hydrogens (primary N) is 1. The highest BCUT2D eigenvalue weighted by atomic mass is 32.2. The van der Waals surface area contributed by atoms with Gasteiger partial charge in [-0.05, 0) is 26.3 Å². The highest BCUT2D eigenvalue weighted by Gasteiger charge is 2.27. The Morgan fingerprint density at radius 1 is 1.39 bits per heavy atom. The molecule has 1 aliphatic carbocycles. The van der Waals surface area contributed by atoms with Crippen LogP contribution in [0.4, 0.5) is 5.82 Å². The minimum absolute atomic E-state index is 0.321. The number of rotatable bonds is 2. The van der Waals surface area contributed by atoms with Crippen molar-refractivity contribution in [3.63, 3.8) is 0 Å². The van der Waals surface area contributed by atoms with Crippen molar-refractivity contribution in [2.75, 3.05) is 30.5 Å². The zero-order valence-electron chi connectivity index (χ0n) is 10.6. The van der Waals surface area contributed by atoms with Crippen LogP contribution in [-0.2, 0) is 12.8 Å². The number of nitrogens with one attached hydrogen (secondary N) is 1. The van der Waals surface area contributed by atoms with Crippen LogP contribution >= 0.6 is 11.8 Å². The van der Waals surface area contributed by atoms with Gasteiger partial charge >= 0.3 is 0 Å². The van der Waals surface area contributed by atoms with Crippen molar-refractivity contribution < 1.29 is 0 Å². The first kappa shape index (κ1) is 12.2. The van der Waals surface area contributed by atoms with Crippen molar-refractivity contribution in [1.82, 2.24) is 14.9 Å². The van der Waals surface area contributed by atoms with Crippen LogP contribution in [0.5, 0.6) is 0 Å². The van der Waals surface area contributed by atoms with Gasteiger partial charge in [0.15, 0.2) is 0 Å². The van der Waals surface area contributed by atoms with Gasteiger partial charge in [-0.3, -0.25) is 4.90 Å². The fourth-order valence-corrected chi connectivity index (χ4v) is 3.89. The van der Waals surface area contributed by atoms with E-state index in [4.69, 9.17) is 10.8 Å². The second-order valence-electron chi connectivity index (χ2n) is 4.92. The van der Waals surface area contributed by atoms with E-state index >= 15 is 0 Å². The van der Waals surface area contributed by atoms with Crippen molar-refractivity contribution in [3.05, 3.63) is 17.1 Å². The van der Waals surface area contributed by atoms with Crippen LogP contribution < -0.4 is 11.3 Å². The first-order chi connectivity index (χ1) is 8.79. The lowest BCUT2D eigenvalue weighted by molar-refractivity contribution is 0.264. The van der Waals surface area contributed by atoms with Crippen molar-refractivity contribution in [1.29, 1.82) is 0 Å². The minimum atomic E-state index is 0.321. The third-order valence-electron chi connectivity index (χ3n) is 3.78. The highest BCUT2D eigenvalue weighted by molar-refractivity contribution is 7.99. The van der Waals surface area contributed by atoms with Crippen molar-refractivity contribution >= 4 is 17.6 Å². The number of aromatic nitrogens is 2. The van der Waals surface area contributed by atoms with Crippen molar-refractivity contribution in [2.45, 2.75) is 25.3 Å². The Bertz CT molecular complexity index is 450. The van der Waals surface area contributed by atoms with Crippen LogP contribution in [0.2, 0.25) is 0 Å². The van der Waals surface area contributed by atoms with Crippen LogP contribution in [0, 0.1) is 0 Å². The highest BCUT2D eigenvalue weighted by Crippen LogP contribution is 2.31. The Kier molecular flexibility index (Phi) is 3.41.